The van der Waals surface area contributed by atoms with Crippen LogP contribution in [0.25, 0.3) is 0 Å². The van der Waals surface area contributed by atoms with Gasteiger partial charge in [0, 0.05) is 0 Å². The Balaban J connectivity index is 4.45. The molecule has 0 heterocycles. The van der Waals surface area contributed by atoms with Crippen LogP contribution in [0.5, 0.6) is 0 Å². The van der Waals surface area contributed by atoms with E-state index in [1.165, 1.54) is 18.6 Å². The van der Waals surface area contributed by atoms with Crippen LogP contribution in [0, 0.1) is 0 Å². The maximum atomic E-state index is 11.2. The number of carbonyl (C=O) groups is 2. The smallest absolute Gasteiger partial charge is 0.421 e. The molecule has 0 aromatic rings. The SMILES string of the molecule is CCOC(=O)NS(=O)(=O)N[C@@H](CC)C(=O)O. The summed E-state index contributed by atoms with van der Waals surface area (Å²) in [4.78, 5) is 21.3. The second kappa shape index (κ2) is 6.28. The summed E-state index contributed by atoms with van der Waals surface area (Å²) in [7, 11) is -4.21. The number of hydrogen-bond donors (Lipinski definition) is 3. The van der Waals surface area contributed by atoms with E-state index < -0.39 is 28.3 Å². The maximum absolute atomic E-state index is 11.2. The Labute approximate surface area is 93.2 Å². The van der Waals surface area contributed by atoms with Crippen molar-refractivity contribution < 1.29 is 27.9 Å². The fourth-order valence-electron chi connectivity index (χ4n) is 0.795. The summed E-state index contributed by atoms with van der Waals surface area (Å²) < 4.78 is 30.0. The molecule has 0 rings (SSSR count). The van der Waals surface area contributed by atoms with Crippen molar-refractivity contribution in [3.63, 3.8) is 0 Å². The van der Waals surface area contributed by atoms with E-state index in [1.54, 1.807) is 4.72 Å². The quantitative estimate of drug-likeness (QED) is 0.583. The average molecular weight is 254 g/mol. The number of carboxylic acids is 1. The zero-order valence-corrected chi connectivity index (χ0v) is 9.70. The summed E-state index contributed by atoms with van der Waals surface area (Å²) in [6, 6.07) is -1.29. The number of carboxylic acid groups (broad SMARTS) is 1. The molecule has 0 radical (unpaired) electrons. The Hall–Kier alpha value is -1.35. The zero-order chi connectivity index (χ0) is 12.8. The third-order valence-corrected chi connectivity index (χ3v) is 2.53. The van der Waals surface area contributed by atoms with Crippen LogP contribution in [0.3, 0.4) is 0 Å². The molecule has 0 spiro atoms. The normalized spacial score (nSPS) is 12.9. The highest BCUT2D eigenvalue weighted by atomic mass is 32.2. The van der Waals surface area contributed by atoms with Crippen LogP contribution in [0.1, 0.15) is 20.3 Å². The molecule has 8 nitrogen and oxygen atoms in total. The highest BCUT2D eigenvalue weighted by molar-refractivity contribution is 7.88. The number of hydrogen-bond acceptors (Lipinski definition) is 5. The molecule has 0 aromatic heterocycles. The van der Waals surface area contributed by atoms with E-state index in [0.717, 1.165) is 0 Å². The first-order valence-electron chi connectivity index (χ1n) is 4.52. The number of nitrogens with one attached hydrogen (secondary N) is 2. The van der Waals surface area contributed by atoms with Crippen molar-refractivity contribution in [3.8, 4) is 0 Å². The van der Waals surface area contributed by atoms with Gasteiger partial charge in [-0.1, -0.05) is 6.92 Å². The van der Waals surface area contributed by atoms with Gasteiger partial charge in [-0.15, -0.1) is 0 Å². The van der Waals surface area contributed by atoms with E-state index in [1.807, 2.05) is 0 Å². The Bertz CT molecular complexity index is 352. The molecule has 0 unspecified atom stereocenters. The number of carbonyl (C=O) groups excluding carboxylic acids is 1. The van der Waals surface area contributed by atoms with Gasteiger partial charge >= 0.3 is 22.3 Å². The van der Waals surface area contributed by atoms with Crippen molar-refractivity contribution >= 4 is 22.3 Å². The fourth-order valence-corrected chi connectivity index (χ4v) is 1.77. The van der Waals surface area contributed by atoms with Gasteiger partial charge in [0.25, 0.3) is 0 Å². The van der Waals surface area contributed by atoms with E-state index in [4.69, 9.17) is 5.11 Å². The van der Waals surface area contributed by atoms with Gasteiger partial charge in [-0.3, -0.25) is 4.79 Å². The summed E-state index contributed by atoms with van der Waals surface area (Å²) in [6.07, 6.45) is -1.10. The molecule has 16 heavy (non-hydrogen) atoms. The summed E-state index contributed by atoms with van der Waals surface area (Å²) in [6.45, 7) is 3.01. The highest BCUT2D eigenvalue weighted by Crippen LogP contribution is 1.93. The van der Waals surface area contributed by atoms with Crippen LogP contribution < -0.4 is 9.44 Å². The average Bonchev–Trinajstić information content (AvgIpc) is 2.13. The lowest BCUT2D eigenvalue weighted by atomic mass is 10.2. The van der Waals surface area contributed by atoms with Gasteiger partial charge in [0.1, 0.15) is 6.04 Å². The van der Waals surface area contributed by atoms with E-state index in [-0.39, 0.29) is 13.0 Å². The Kier molecular flexibility index (Phi) is 5.75. The minimum absolute atomic E-state index is 0.0114. The van der Waals surface area contributed by atoms with Crippen molar-refractivity contribution in [2.75, 3.05) is 6.61 Å². The van der Waals surface area contributed by atoms with Crippen LogP contribution in [0.15, 0.2) is 0 Å². The van der Waals surface area contributed by atoms with Crippen molar-refractivity contribution in [2.24, 2.45) is 0 Å². The molecule has 0 aromatic carbocycles. The number of aliphatic carboxylic acids is 1. The molecule has 0 saturated carbocycles. The van der Waals surface area contributed by atoms with Crippen molar-refractivity contribution in [1.29, 1.82) is 0 Å². The first kappa shape index (κ1) is 14.6. The molecule has 1 atom stereocenters. The summed E-state index contributed by atoms with van der Waals surface area (Å²) >= 11 is 0. The molecule has 0 saturated heterocycles. The maximum Gasteiger partial charge on any atom is 0.421 e. The monoisotopic (exact) mass is 254 g/mol. The van der Waals surface area contributed by atoms with Gasteiger partial charge < -0.3 is 9.84 Å². The zero-order valence-electron chi connectivity index (χ0n) is 8.89. The van der Waals surface area contributed by atoms with E-state index in [0.29, 0.717) is 0 Å². The fraction of sp³-hybridized carbons (Fsp3) is 0.714. The molecule has 0 aliphatic carbocycles. The molecular formula is C7H14N2O6S. The lowest BCUT2D eigenvalue weighted by Gasteiger charge is -2.12. The van der Waals surface area contributed by atoms with Crippen LogP contribution in [0.2, 0.25) is 0 Å². The molecule has 0 bridgehead atoms. The van der Waals surface area contributed by atoms with Crippen LogP contribution >= 0.6 is 0 Å². The van der Waals surface area contributed by atoms with Gasteiger partial charge in [-0.25, -0.2) is 9.52 Å². The van der Waals surface area contributed by atoms with Crippen LogP contribution in [-0.2, 0) is 19.7 Å². The highest BCUT2D eigenvalue weighted by Gasteiger charge is 2.23. The minimum atomic E-state index is -4.21. The van der Waals surface area contributed by atoms with Crippen LogP contribution in [0.4, 0.5) is 4.79 Å². The summed E-state index contributed by atoms with van der Waals surface area (Å²) in [5.41, 5.74) is 0. The lowest BCUT2D eigenvalue weighted by Crippen LogP contribution is -2.48. The van der Waals surface area contributed by atoms with Gasteiger partial charge in [0.15, 0.2) is 0 Å². The third-order valence-electron chi connectivity index (χ3n) is 1.50. The number of ether oxygens (including phenoxy) is 1. The van der Waals surface area contributed by atoms with Crippen molar-refractivity contribution in [2.45, 2.75) is 26.3 Å². The lowest BCUT2D eigenvalue weighted by molar-refractivity contribution is -0.139. The van der Waals surface area contributed by atoms with E-state index >= 15 is 0 Å². The standard InChI is InChI=1S/C7H14N2O6S/c1-3-5(6(10)11)8-16(13,14)9-7(12)15-4-2/h5,8H,3-4H2,1-2H3,(H,9,12)(H,10,11)/t5-/m0/s1. The second-order valence-electron chi connectivity index (χ2n) is 2.74. The molecule has 0 fully saturated rings. The van der Waals surface area contributed by atoms with Crippen LogP contribution in [-0.4, -0.2) is 38.2 Å². The van der Waals surface area contributed by atoms with E-state index in [9.17, 15) is 18.0 Å². The van der Waals surface area contributed by atoms with Gasteiger partial charge in [-0.05, 0) is 13.3 Å². The largest absolute Gasteiger partial charge is 0.480 e. The molecule has 94 valence electrons. The molecule has 3 N–H and O–H groups in total. The van der Waals surface area contributed by atoms with Crippen molar-refractivity contribution in [1.82, 2.24) is 9.44 Å². The Morgan fingerprint density at radius 2 is 1.94 bits per heavy atom. The Morgan fingerprint density at radius 3 is 2.31 bits per heavy atom. The van der Waals surface area contributed by atoms with E-state index in [2.05, 4.69) is 4.74 Å². The van der Waals surface area contributed by atoms with Gasteiger partial charge in [-0.2, -0.15) is 13.1 Å². The summed E-state index contributed by atoms with van der Waals surface area (Å²) in [5.74, 6) is -1.32. The van der Waals surface area contributed by atoms with Gasteiger partial charge in [0.2, 0.25) is 0 Å². The third kappa shape index (κ3) is 5.51. The Morgan fingerprint density at radius 1 is 1.38 bits per heavy atom. The predicted octanol–water partition coefficient (Wildman–Crippen LogP) is -0.570. The molecule has 1 amide bonds. The molecule has 9 heteroatoms. The minimum Gasteiger partial charge on any atom is -0.480 e. The summed E-state index contributed by atoms with van der Waals surface area (Å²) in [5, 5.41) is 8.60. The number of rotatable bonds is 6. The molecule has 0 aliphatic rings. The number of amides is 1. The first-order valence-corrected chi connectivity index (χ1v) is 6.00. The first-order chi connectivity index (χ1) is 7.32. The van der Waals surface area contributed by atoms with Crippen molar-refractivity contribution in [3.05, 3.63) is 0 Å². The molecule has 0 aliphatic heterocycles. The molecular weight excluding hydrogens is 240 g/mol. The van der Waals surface area contributed by atoms with Gasteiger partial charge in [0.05, 0.1) is 6.61 Å². The topological polar surface area (TPSA) is 122 Å². The second-order valence-corrected chi connectivity index (χ2v) is 4.19. The predicted molar refractivity (Wildman–Crippen MR) is 53.9 cm³/mol.